The molecule has 0 saturated carbocycles. The van der Waals surface area contributed by atoms with Gasteiger partial charge in [0.1, 0.15) is 29.1 Å². The van der Waals surface area contributed by atoms with Crippen LogP contribution in [0.2, 0.25) is 0 Å². The van der Waals surface area contributed by atoms with Gasteiger partial charge in [-0.2, -0.15) is 0 Å². The Morgan fingerprint density at radius 2 is 1.56 bits per heavy atom. The third-order valence-corrected chi connectivity index (χ3v) is 7.60. The molecule has 0 spiro atoms. The number of para-hydroxylation sites is 2. The molecule has 1 aliphatic rings. The zero-order chi connectivity index (χ0) is 28.3. The summed E-state index contributed by atoms with van der Waals surface area (Å²) in [6.07, 6.45) is 0.803. The van der Waals surface area contributed by atoms with Gasteiger partial charge in [0.25, 0.3) is 0 Å². The number of hydrogen-bond acceptors (Lipinski definition) is 5. The summed E-state index contributed by atoms with van der Waals surface area (Å²) in [4.78, 5) is 25.4. The van der Waals surface area contributed by atoms with Crippen molar-refractivity contribution in [1.82, 2.24) is 4.90 Å². The van der Waals surface area contributed by atoms with E-state index in [9.17, 15) is 14.7 Å². The van der Waals surface area contributed by atoms with Crippen molar-refractivity contribution in [1.29, 1.82) is 0 Å². The zero-order valence-electron chi connectivity index (χ0n) is 22.8. The van der Waals surface area contributed by atoms with Crippen molar-refractivity contribution in [3.63, 3.8) is 0 Å². The first-order valence-corrected chi connectivity index (χ1v) is 14.0. The molecule has 2 unspecified atom stereocenters. The van der Waals surface area contributed by atoms with E-state index in [2.05, 4.69) is 48.5 Å². The van der Waals surface area contributed by atoms with Crippen molar-refractivity contribution in [2.75, 3.05) is 13.2 Å². The van der Waals surface area contributed by atoms with Gasteiger partial charge in [-0.25, -0.2) is 9.59 Å². The van der Waals surface area contributed by atoms with E-state index in [1.54, 1.807) is 0 Å². The van der Waals surface area contributed by atoms with Gasteiger partial charge in [-0.15, -0.1) is 0 Å². The minimum atomic E-state index is -1.06. The van der Waals surface area contributed by atoms with Crippen LogP contribution in [0.3, 0.4) is 0 Å². The summed E-state index contributed by atoms with van der Waals surface area (Å²) in [5, 5.41) is 11.8. The molecule has 7 nitrogen and oxygen atoms in total. The highest BCUT2D eigenvalue weighted by molar-refractivity contribution is 6.09. The van der Waals surface area contributed by atoms with Gasteiger partial charge in [0.2, 0.25) is 0 Å². The Morgan fingerprint density at radius 1 is 0.878 bits per heavy atom. The summed E-state index contributed by atoms with van der Waals surface area (Å²) in [6.45, 7) is 2.45. The molecule has 4 aromatic carbocycles. The predicted octanol–water partition coefficient (Wildman–Crippen LogP) is 7.76. The monoisotopic (exact) mass is 549 g/mol. The van der Waals surface area contributed by atoms with E-state index in [1.165, 1.54) is 4.90 Å². The average molecular weight is 550 g/mol. The van der Waals surface area contributed by atoms with Crippen LogP contribution in [0.1, 0.15) is 26.2 Å². The van der Waals surface area contributed by atoms with Crippen LogP contribution >= 0.6 is 0 Å². The summed E-state index contributed by atoms with van der Waals surface area (Å²) >= 11 is 0. The van der Waals surface area contributed by atoms with Gasteiger partial charge in [0.05, 0.1) is 13.2 Å². The van der Waals surface area contributed by atoms with Gasteiger partial charge in [0.15, 0.2) is 0 Å². The van der Waals surface area contributed by atoms with E-state index in [1.807, 2.05) is 49.4 Å². The number of carbonyl (C=O) groups excluding carboxylic acids is 1. The van der Waals surface area contributed by atoms with Crippen molar-refractivity contribution < 1.29 is 28.6 Å². The van der Waals surface area contributed by atoms with Gasteiger partial charge in [0, 0.05) is 22.8 Å². The van der Waals surface area contributed by atoms with Crippen molar-refractivity contribution >= 4 is 34.0 Å². The van der Waals surface area contributed by atoms with Crippen LogP contribution in [-0.2, 0) is 9.53 Å². The van der Waals surface area contributed by atoms with E-state index in [4.69, 9.17) is 13.9 Å². The lowest BCUT2D eigenvalue weighted by Crippen LogP contribution is -2.41. The minimum absolute atomic E-state index is 0.170. The highest BCUT2D eigenvalue weighted by Gasteiger charge is 2.41. The Bertz CT molecular complexity index is 1690. The van der Waals surface area contributed by atoms with Gasteiger partial charge in [-0.05, 0) is 41.3 Å². The Labute approximate surface area is 237 Å². The molecule has 2 atom stereocenters. The minimum Gasteiger partial charge on any atom is -0.488 e. The normalized spacial score (nSPS) is 16.8. The number of ether oxygens (including phenoxy) is 2. The van der Waals surface area contributed by atoms with Crippen molar-refractivity contribution in [3.05, 3.63) is 91.0 Å². The van der Waals surface area contributed by atoms with Gasteiger partial charge in [-0.1, -0.05) is 86.1 Å². The highest BCUT2D eigenvalue weighted by atomic mass is 16.6. The number of unbranched alkanes of at least 4 members (excludes halogenated alkanes) is 1. The highest BCUT2D eigenvalue weighted by Crippen LogP contribution is 2.36. The maximum Gasteiger partial charge on any atom is 0.410 e. The molecule has 1 N–H and O–H groups in total. The number of furan rings is 1. The number of nitrogens with zero attached hydrogens (tertiary/aromatic N) is 1. The van der Waals surface area contributed by atoms with E-state index < -0.39 is 24.2 Å². The Balaban J connectivity index is 1.14. The number of carboxylic acid groups (broad SMARTS) is 1. The number of carboxylic acids is 1. The number of aliphatic carboxylic acids is 1. The summed E-state index contributed by atoms with van der Waals surface area (Å²) in [6, 6.07) is 29.4. The first kappa shape index (κ1) is 26.4. The second-order valence-electron chi connectivity index (χ2n) is 10.3. The topological polar surface area (TPSA) is 89.2 Å². The van der Waals surface area contributed by atoms with Gasteiger partial charge in [-0.3, -0.25) is 4.90 Å². The summed E-state index contributed by atoms with van der Waals surface area (Å²) in [5.41, 5.74) is 5.97. The number of amides is 1. The van der Waals surface area contributed by atoms with Crippen molar-refractivity contribution in [3.8, 4) is 28.0 Å². The third kappa shape index (κ3) is 5.35. The molecule has 6 rings (SSSR count). The predicted molar refractivity (Wildman–Crippen MR) is 158 cm³/mol. The van der Waals surface area contributed by atoms with Crippen LogP contribution in [0, 0.1) is 0 Å². The molecule has 0 aliphatic carbocycles. The van der Waals surface area contributed by atoms with Crippen LogP contribution in [0.15, 0.2) is 95.4 Å². The average Bonchev–Trinajstić information content (AvgIpc) is 3.60. The number of carbonyl (C=O) groups is 2. The quantitative estimate of drug-likeness (QED) is 0.199. The van der Waals surface area contributed by atoms with Crippen molar-refractivity contribution in [2.24, 2.45) is 0 Å². The molecule has 1 fully saturated rings. The first-order valence-electron chi connectivity index (χ1n) is 14.0. The lowest BCUT2D eigenvalue weighted by Gasteiger charge is -2.20. The molecule has 41 heavy (non-hydrogen) atoms. The molecule has 208 valence electrons. The van der Waals surface area contributed by atoms with Crippen molar-refractivity contribution in [2.45, 2.75) is 38.3 Å². The number of hydrogen-bond donors (Lipinski definition) is 1. The Hall–Kier alpha value is -4.78. The smallest absolute Gasteiger partial charge is 0.410 e. The zero-order valence-corrected chi connectivity index (χ0v) is 22.8. The fourth-order valence-corrected chi connectivity index (χ4v) is 5.44. The third-order valence-electron chi connectivity index (χ3n) is 7.60. The Morgan fingerprint density at radius 3 is 2.29 bits per heavy atom. The molecule has 1 aromatic heterocycles. The fourth-order valence-electron chi connectivity index (χ4n) is 5.44. The standard InChI is InChI=1S/C34H31NO6/c1-2-3-19-39-34(38)35-21-26(20-30(35)33(36)37)40-25-17-15-23(16-18-25)22-11-13-24(14-12-22)27-8-6-9-29-28-7-4-5-10-31(28)41-32(27)29/h4-18,26,30H,2-3,19-21H2,1H3,(H,36,37). The molecule has 2 heterocycles. The van der Waals surface area contributed by atoms with Crippen LogP contribution in [0.4, 0.5) is 4.79 Å². The molecule has 1 amide bonds. The number of fused-ring (bicyclic) bond motifs is 3. The first-order chi connectivity index (χ1) is 20.0. The molecule has 0 radical (unpaired) electrons. The number of benzene rings is 4. The van der Waals surface area contributed by atoms with Gasteiger partial charge >= 0.3 is 12.1 Å². The number of likely N-dealkylation sites (tertiary alicyclic amines) is 1. The van der Waals surface area contributed by atoms with Crippen LogP contribution in [0.25, 0.3) is 44.2 Å². The SMILES string of the molecule is CCCCOC(=O)N1CC(Oc2ccc(-c3ccc(-c4cccc5c4oc4ccccc45)cc3)cc2)CC1C(=O)O. The molecule has 1 aliphatic heterocycles. The summed E-state index contributed by atoms with van der Waals surface area (Å²) in [7, 11) is 0. The molecule has 5 aromatic rings. The Kier molecular flexibility index (Phi) is 7.33. The second-order valence-corrected chi connectivity index (χ2v) is 10.3. The molecule has 0 bridgehead atoms. The van der Waals surface area contributed by atoms with Crippen LogP contribution < -0.4 is 4.74 Å². The molecular formula is C34H31NO6. The summed E-state index contributed by atoms with van der Waals surface area (Å²) < 4.78 is 17.5. The van der Waals surface area contributed by atoms with E-state index >= 15 is 0 Å². The van der Waals surface area contributed by atoms with E-state index in [-0.39, 0.29) is 19.6 Å². The maximum atomic E-state index is 12.4. The van der Waals surface area contributed by atoms with Crippen LogP contribution in [-0.4, -0.2) is 47.4 Å². The largest absolute Gasteiger partial charge is 0.488 e. The molecule has 1 saturated heterocycles. The summed E-state index contributed by atoms with van der Waals surface area (Å²) in [5.74, 6) is -0.434. The molecular weight excluding hydrogens is 518 g/mol. The van der Waals surface area contributed by atoms with E-state index in [0.29, 0.717) is 5.75 Å². The number of rotatable bonds is 8. The second kappa shape index (κ2) is 11.4. The van der Waals surface area contributed by atoms with Crippen LogP contribution in [0.5, 0.6) is 5.75 Å². The molecule has 7 heteroatoms. The fraction of sp³-hybridized carbons (Fsp3) is 0.235. The van der Waals surface area contributed by atoms with Gasteiger partial charge < -0.3 is 19.0 Å². The lowest BCUT2D eigenvalue weighted by atomic mass is 9.99. The maximum absolute atomic E-state index is 12.4. The van der Waals surface area contributed by atoms with E-state index in [0.717, 1.165) is 57.0 Å². The lowest BCUT2D eigenvalue weighted by molar-refractivity contribution is -0.141.